The Labute approximate surface area is 128 Å². The molecule has 1 atom stereocenters. The number of benzene rings is 1. The minimum Gasteiger partial charge on any atom is -0.497 e. The molecule has 0 aliphatic carbocycles. The molecule has 0 saturated heterocycles. The van der Waals surface area contributed by atoms with E-state index in [4.69, 9.17) is 9.47 Å². The van der Waals surface area contributed by atoms with Crippen molar-refractivity contribution in [3.05, 3.63) is 35.4 Å². The molecule has 0 bridgehead atoms. The highest BCUT2D eigenvalue weighted by molar-refractivity contribution is 5.95. The standard InChI is InChI=1S/C16H18O6/c1-10(9-13-5-7-14(20-4)8-6-13)15(18)21-11(2)16(19)22-12(3)17/h5-9,11H,1-4H3/b10-9+. The van der Waals surface area contributed by atoms with Gasteiger partial charge in [0, 0.05) is 12.5 Å². The molecule has 0 N–H and O–H groups in total. The van der Waals surface area contributed by atoms with Crippen LogP contribution < -0.4 is 4.74 Å². The zero-order chi connectivity index (χ0) is 16.7. The minimum absolute atomic E-state index is 0.313. The predicted molar refractivity (Wildman–Crippen MR) is 79.0 cm³/mol. The molecule has 0 aromatic heterocycles. The molecule has 0 aliphatic heterocycles. The molecule has 1 rings (SSSR count). The zero-order valence-corrected chi connectivity index (χ0v) is 12.9. The molecule has 0 saturated carbocycles. The Morgan fingerprint density at radius 3 is 2.18 bits per heavy atom. The first kappa shape index (κ1) is 17.4. The largest absolute Gasteiger partial charge is 0.497 e. The lowest BCUT2D eigenvalue weighted by molar-refractivity contribution is -0.170. The van der Waals surface area contributed by atoms with Crippen molar-refractivity contribution in [3.63, 3.8) is 0 Å². The molecular formula is C16H18O6. The summed E-state index contributed by atoms with van der Waals surface area (Å²) in [6.45, 7) is 4.00. The highest BCUT2D eigenvalue weighted by Gasteiger charge is 2.21. The van der Waals surface area contributed by atoms with Crippen molar-refractivity contribution in [1.82, 2.24) is 0 Å². The van der Waals surface area contributed by atoms with Crippen LogP contribution >= 0.6 is 0 Å². The van der Waals surface area contributed by atoms with E-state index in [0.29, 0.717) is 11.3 Å². The van der Waals surface area contributed by atoms with Gasteiger partial charge in [0.05, 0.1) is 7.11 Å². The summed E-state index contributed by atoms with van der Waals surface area (Å²) in [5, 5.41) is 0. The molecule has 22 heavy (non-hydrogen) atoms. The number of carbonyl (C=O) groups excluding carboxylic acids is 3. The van der Waals surface area contributed by atoms with Crippen LogP contribution in [0.15, 0.2) is 29.8 Å². The van der Waals surface area contributed by atoms with E-state index in [2.05, 4.69) is 4.74 Å². The first-order valence-electron chi connectivity index (χ1n) is 6.59. The molecule has 0 heterocycles. The first-order valence-corrected chi connectivity index (χ1v) is 6.59. The number of esters is 3. The average Bonchev–Trinajstić information content (AvgIpc) is 2.47. The van der Waals surface area contributed by atoms with Crippen molar-refractivity contribution in [2.75, 3.05) is 7.11 Å². The lowest BCUT2D eigenvalue weighted by atomic mass is 10.1. The van der Waals surface area contributed by atoms with E-state index in [0.717, 1.165) is 12.5 Å². The van der Waals surface area contributed by atoms with Gasteiger partial charge in [0.15, 0.2) is 6.10 Å². The molecule has 6 heteroatoms. The monoisotopic (exact) mass is 306 g/mol. The van der Waals surface area contributed by atoms with Gasteiger partial charge in [-0.3, -0.25) is 4.79 Å². The summed E-state index contributed by atoms with van der Waals surface area (Å²) >= 11 is 0. The van der Waals surface area contributed by atoms with Crippen LogP contribution in [0.4, 0.5) is 0 Å². The number of ether oxygens (including phenoxy) is 3. The second kappa shape index (κ2) is 7.97. The number of rotatable bonds is 5. The third-order valence-electron chi connectivity index (χ3n) is 2.68. The fourth-order valence-corrected chi connectivity index (χ4v) is 1.54. The van der Waals surface area contributed by atoms with Gasteiger partial charge in [-0.2, -0.15) is 0 Å². The van der Waals surface area contributed by atoms with Crippen molar-refractivity contribution in [2.45, 2.75) is 26.9 Å². The van der Waals surface area contributed by atoms with E-state index in [1.165, 1.54) is 6.92 Å². The highest BCUT2D eigenvalue weighted by Crippen LogP contribution is 2.14. The smallest absolute Gasteiger partial charge is 0.354 e. The average molecular weight is 306 g/mol. The maximum absolute atomic E-state index is 11.9. The summed E-state index contributed by atoms with van der Waals surface area (Å²) in [6.07, 6.45) is 0.459. The van der Waals surface area contributed by atoms with Gasteiger partial charge in [-0.25, -0.2) is 9.59 Å². The maximum atomic E-state index is 11.9. The number of carbonyl (C=O) groups is 3. The summed E-state index contributed by atoms with van der Waals surface area (Å²) in [4.78, 5) is 33.9. The fraction of sp³-hybridized carbons (Fsp3) is 0.312. The molecule has 118 valence electrons. The van der Waals surface area contributed by atoms with Gasteiger partial charge < -0.3 is 14.2 Å². The Hall–Kier alpha value is -2.63. The topological polar surface area (TPSA) is 78.9 Å². The fourth-order valence-electron chi connectivity index (χ4n) is 1.54. The number of hydrogen-bond acceptors (Lipinski definition) is 6. The van der Waals surface area contributed by atoms with Crippen molar-refractivity contribution in [3.8, 4) is 5.75 Å². The van der Waals surface area contributed by atoms with Crippen LogP contribution in [0.3, 0.4) is 0 Å². The molecule has 1 aromatic rings. The zero-order valence-electron chi connectivity index (χ0n) is 12.9. The molecule has 0 spiro atoms. The van der Waals surface area contributed by atoms with Gasteiger partial charge in [-0.1, -0.05) is 12.1 Å². The molecule has 0 amide bonds. The van der Waals surface area contributed by atoms with Crippen LogP contribution in [-0.2, 0) is 23.9 Å². The van der Waals surface area contributed by atoms with Crippen LogP contribution in [0.25, 0.3) is 6.08 Å². The minimum atomic E-state index is -1.16. The van der Waals surface area contributed by atoms with Crippen molar-refractivity contribution in [1.29, 1.82) is 0 Å². The Morgan fingerprint density at radius 1 is 1.09 bits per heavy atom. The van der Waals surface area contributed by atoms with Crippen LogP contribution in [0.2, 0.25) is 0 Å². The summed E-state index contributed by atoms with van der Waals surface area (Å²) < 4.78 is 14.3. The molecular weight excluding hydrogens is 288 g/mol. The van der Waals surface area contributed by atoms with Crippen molar-refractivity contribution in [2.24, 2.45) is 0 Å². The molecule has 1 aromatic carbocycles. The number of hydrogen-bond donors (Lipinski definition) is 0. The Bertz CT molecular complexity index is 585. The van der Waals surface area contributed by atoms with Crippen LogP contribution in [0, 0.1) is 0 Å². The first-order chi connectivity index (χ1) is 10.3. The van der Waals surface area contributed by atoms with E-state index in [-0.39, 0.29) is 0 Å². The van der Waals surface area contributed by atoms with E-state index < -0.39 is 24.0 Å². The van der Waals surface area contributed by atoms with E-state index in [1.807, 2.05) is 0 Å². The van der Waals surface area contributed by atoms with Crippen LogP contribution in [-0.4, -0.2) is 31.1 Å². The normalized spacial score (nSPS) is 12.3. The van der Waals surface area contributed by atoms with Gasteiger partial charge in [-0.15, -0.1) is 0 Å². The van der Waals surface area contributed by atoms with Gasteiger partial charge in [0.1, 0.15) is 5.75 Å². The third kappa shape index (κ3) is 5.40. The lowest BCUT2D eigenvalue weighted by Gasteiger charge is -2.11. The van der Waals surface area contributed by atoms with Crippen LogP contribution in [0.1, 0.15) is 26.3 Å². The van der Waals surface area contributed by atoms with Gasteiger partial charge in [0.25, 0.3) is 0 Å². The summed E-state index contributed by atoms with van der Waals surface area (Å²) in [5.74, 6) is -1.61. The SMILES string of the molecule is COc1ccc(/C=C(\C)C(=O)OC(C)C(=O)OC(C)=O)cc1. The molecule has 0 aliphatic rings. The Morgan fingerprint density at radius 2 is 1.68 bits per heavy atom. The van der Waals surface area contributed by atoms with E-state index in [9.17, 15) is 14.4 Å². The molecule has 1 unspecified atom stereocenters. The second-order valence-corrected chi connectivity index (χ2v) is 4.56. The van der Waals surface area contributed by atoms with Gasteiger partial charge >= 0.3 is 17.9 Å². The molecule has 0 fully saturated rings. The second-order valence-electron chi connectivity index (χ2n) is 4.56. The van der Waals surface area contributed by atoms with Crippen LogP contribution in [0.5, 0.6) is 5.75 Å². The maximum Gasteiger partial charge on any atom is 0.354 e. The molecule has 6 nitrogen and oxygen atoms in total. The number of methoxy groups -OCH3 is 1. The summed E-state index contributed by atoms with van der Waals surface area (Å²) in [6, 6.07) is 7.08. The predicted octanol–water partition coefficient (Wildman–Crippen LogP) is 2.12. The highest BCUT2D eigenvalue weighted by atomic mass is 16.6. The van der Waals surface area contributed by atoms with E-state index in [1.54, 1.807) is 44.4 Å². The van der Waals surface area contributed by atoms with Crippen molar-refractivity contribution >= 4 is 24.0 Å². The van der Waals surface area contributed by atoms with Gasteiger partial charge in [-0.05, 0) is 37.6 Å². The van der Waals surface area contributed by atoms with Crippen molar-refractivity contribution < 1.29 is 28.6 Å². The third-order valence-corrected chi connectivity index (χ3v) is 2.68. The summed E-state index contributed by atoms with van der Waals surface area (Å²) in [7, 11) is 1.56. The molecule has 0 radical (unpaired) electrons. The lowest BCUT2D eigenvalue weighted by Crippen LogP contribution is -2.27. The van der Waals surface area contributed by atoms with Gasteiger partial charge in [0.2, 0.25) is 0 Å². The quantitative estimate of drug-likeness (QED) is 0.471. The van der Waals surface area contributed by atoms with E-state index >= 15 is 0 Å². The summed E-state index contributed by atoms with van der Waals surface area (Å²) in [5.41, 5.74) is 1.10. The Balaban J connectivity index is 2.69. The Kier molecular flexibility index (Phi) is 6.31.